The van der Waals surface area contributed by atoms with Gasteiger partial charge >= 0.3 is 0 Å². The van der Waals surface area contributed by atoms with Crippen molar-refractivity contribution in [3.63, 3.8) is 0 Å². The van der Waals surface area contributed by atoms with Gasteiger partial charge in [0.15, 0.2) is 11.5 Å². The van der Waals surface area contributed by atoms with Crippen LogP contribution in [0.5, 0.6) is 23.1 Å². The number of carbonyl (C=O) groups excluding carboxylic acids is 1. The smallest absolute Gasteiger partial charge is 0.261 e. The highest BCUT2D eigenvalue weighted by Crippen LogP contribution is 2.34. The molecule has 1 amide bonds. The van der Waals surface area contributed by atoms with Gasteiger partial charge in [0.25, 0.3) is 11.8 Å². The van der Waals surface area contributed by atoms with Crippen LogP contribution >= 0.6 is 0 Å². The molecule has 2 aromatic carbocycles. The van der Waals surface area contributed by atoms with Gasteiger partial charge < -0.3 is 24.5 Å². The molecule has 0 atom stereocenters. The van der Waals surface area contributed by atoms with Crippen molar-refractivity contribution in [2.45, 2.75) is 6.92 Å². The third-order valence-corrected chi connectivity index (χ3v) is 6.02. The van der Waals surface area contributed by atoms with Crippen LogP contribution in [0.25, 0.3) is 22.2 Å². The van der Waals surface area contributed by atoms with Crippen LogP contribution in [0.2, 0.25) is 0 Å². The van der Waals surface area contributed by atoms with Gasteiger partial charge in [-0.25, -0.2) is 9.37 Å². The van der Waals surface area contributed by atoms with E-state index in [1.165, 1.54) is 44.7 Å². The van der Waals surface area contributed by atoms with Crippen molar-refractivity contribution in [3.8, 4) is 34.3 Å². The Bertz CT molecular complexity index is 1730. The minimum absolute atomic E-state index is 0.0704. The minimum atomic E-state index is -0.585. The summed E-state index contributed by atoms with van der Waals surface area (Å²) in [6.07, 6.45) is 2.96. The monoisotopic (exact) mass is 526 g/mol. The summed E-state index contributed by atoms with van der Waals surface area (Å²) in [7, 11) is 3.01. The van der Waals surface area contributed by atoms with Crippen LogP contribution in [0.15, 0.2) is 77.9 Å². The first-order valence-electron chi connectivity index (χ1n) is 11.8. The number of ether oxygens (including phenoxy) is 3. The van der Waals surface area contributed by atoms with Crippen molar-refractivity contribution in [1.29, 1.82) is 0 Å². The summed E-state index contributed by atoms with van der Waals surface area (Å²) >= 11 is 0. The molecule has 2 N–H and O–H groups in total. The second-order valence-corrected chi connectivity index (χ2v) is 8.50. The van der Waals surface area contributed by atoms with E-state index in [1.807, 2.05) is 0 Å². The number of aryl methyl sites for hydroxylation is 1. The number of nitrogens with zero attached hydrogens (tertiary/aromatic N) is 2. The van der Waals surface area contributed by atoms with Gasteiger partial charge in [0.1, 0.15) is 22.6 Å². The maximum atomic E-state index is 13.4. The van der Waals surface area contributed by atoms with Crippen LogP contribution < -0.4 is 25.0 Å². The molecule has 0 fully saturated rings. The fourth-order valence-electron chi connectivity index (χ4n) is 4.07. The first kappa shape index (κ1) is 25.4. The molecule has 196 valence electrons. The summed E-state index contributed by atoms with van der Waals surface area (Å²) in [4.78, 5) is 37.8. The zero-order valence-electron chi connectivity index (χ0n) is 21.2. The molecule has 3 heterocycles. The van der Waals surface area contributed by atoms with E-state index in [-0.39, 0.29) is 5.56 Å². The van der Waals surface area contributed by atoms with Gasteiger partial charge in [-0.1, -0.05) is 12.1 Å². The summed E-state index contributed by atoms with van der Waals surface area (Å²) in [5.74, 6) is 0.698. The lowest BCUT2D eigenvalue weighted by molar-refractivity contribution is 0.102. The van der Waals surface area contributed by atoms with Gasteiger partial charge in [0.2, 0.25) is 5.43 Å². The van der Waals surface area contributed by atoms with Crippen molar-refractivity contribution in [2.75, 3.05) is 19.5 Å². The lowest BCUT2D eigenvalue weighted by atomic mass is 10.0. The molecule has 0 saturated heterocycles. The Morgan fingerprint density at radius 2 is 1.72 bits per heavy atom. The Kier molecular flexibility index (Phi) is 6.92. The van der Waals surface area contributed by atoms with Crippen molar-refractivity contribution in [1.82, 2.24) is 15.0 Å². The zero-order valence-corrected chi connectivity index (χ0v) is 21.2. The van der Waals surface area contributed by atoms with Crippen LogP contribution in [0, 0.1) is 12.7 Å². The summed E-state index contributed by atoms with van der Waals surface area (Å²) in [6, 6.07) is 15.6. The third-order valence-electron chi connectivity index (χ3n) is 6.02. The molecule has 5 rings (SSSR count). The number of methoxy groups -OCH3 is 2. The highest BCUT2D eigenvalue weighted by molar-refractivity contribution is 6.04. The van der Waals surface area contributed by atoms with Gasteiger partial charge in [-0.2, -0.15) is 0 Å². The second-order valence-electron chi connectivity index (χ2n) is 8.50. The van der Waals surface area contributed by atoms with Gasteiger partial charge in [0, 0.05) is 41.5 Å². The van der Waals surface area contributed by atoms with Gasteiger partial charge in [0.05, 0.1) is 19.7 Å². The van der Waals surface area contributed by atoms with E-state index in [9.17, 15) is 14.0 Å². The number of aromatic nitrogens is 3. The summed E-state index contributed by atoms with van der Waals surface area (Å²) in [5.41, 5.74) is 2.37. The molecule has 0 bridgehead atoms. The van der Waals surface area contributed by atoms with E-state index in [0.29, 0.717) is 56.7 Å². The minimum Gasteiger partial charge on any atom is -0.491 e. The molecular weight excluding hydrogens is 503 g/mol. The number of hydrogen-bond donors (Lipinski definition) is 2. The van der Waals surface area contributed by atoms with Crippen LogP contribution in [0.3, 0.4) is 0 Å². The standard InChI is InChI=1S/C29H23FN4O5/c1-16-25(17-4-6-18(30)7-5-17)27(35)21(15-32-16)28(36)33-19-8-10-20(11-9-19)39-23-12-13-31-22-14-24(37-2)29(38-3)34-26(22)23/h4-15H,1-3H3,(H,32,35)(H,33,36). The topological polar surface area (TPSA) is 115 Å². The van der Waals surface area contributed by atoms with E-state index >= 15 is 0 Å². The summed E-state index contributed by atoms with van der Waals surface area (Å²) in [5, 5.41) is 2.73. The molecular formula is C29H23FN4O5. The lowest BCUT2D eigenvalue weighted by Crippen LogP contribution is -2.23. The zero-order chi connectivity index (χ0) is 27.5. The molecule has 0 unspecified atom stereocenters. The van der Waals surface area contributed by atoms with Crippen molar-refractivity contribution < 1.29 is 23.4 Å². The number of H-pyrrole nitrogens is 1. The largest absolute Gasteiger partial charge is 0.491 e. The number of pyridine rings is 3. The first-order valence-corrected chi connectivity index (χ1v) is 11.8. The maximum absolute atomic E-state index is 13.4. The van der Waals surface area contributed by atoms with Crippen molar-refractivity contribution in [2.24, 2.45) is 0 Å². The third kappa shape index (κ3) is 5.12. The van der Waals surface area contributed by atoms with Crippen LogP contribution in [0.1, 0.15) is 16.1 Å². The highest BCUT2D eigenvalue weighted by atomic mass is 19.1. The Labute approximate surface area is 222 Å². The van der Waals surface area contributed by atoms with E-state index in [2.05, 4.69) is 20.3 Å². The van der Waals surface area contributed by atoms with Crippen LogP contribution in [0.4, 0.5) is 10.1 Å². The molecule has 0 radical (unpaired) electrons. The molecule has 0 saturated carbocycles. The number of benzene rings is 2. The Balaban J connectivity index is 1.36. The normalized spacial score (nSPS) is 10.8. The molecule has 39 heavy (non-hydrogen) atoms. The van der Waals surface area contributed by atoms with Crippen molar-refractivity contribution >= 4 is 22.6 Å². The molecule has 10 heteroatoms. The Morgan fingerprint density at radius 3 is 2.41 bits per heavy atom. The first-order chi connectivity index (χ1) is 18.9. The number of anilines is 1. The number of halogens is 1. The number of aromatic amines is 1. The lowest BCUT2D eigenvalue weighted by Gasteiger charge is -2.12. The number of amides is 1. The van der Waals surface area contributed by atoms with Gasteiger partial charge in [-0.05, 0) is 48.9 Å². The molecule has 0 aliphatic rings. The Hall–Kier alpha value is -5.25. The number of fused-ring (bicyclic) bond motifs is 1. The molecule has 0 aliphatic heterocycles. The van der Waals surface area contributed by atoms with E-state index < -0.39 is 17.2 Å². The molecule has 0 aliphatic carbocycles. The quantitative estimate of drug-likeness (QED) is 0.288. The van der Waals surface area contributed by atoms with Gasteiger partial charge in [-0.15, -0.1) is 0 Å². The predicted octanol–water partition coefficient (Wildman–Crippen LogP) is 5.49. The number of carbonyl (C=O) groups is 1. The van der Waals surface area contributed by atoms with Crippen LogP contribution in [-0.4, -0.2) is 35.1 Å². The maximum Gasteiger partial charge on any atom is 0.261 e. The summed E-state index contributed by atoms with van der Waals surface area (Å²) < 4.78 is 30.0. The Morgan fingerprint density at radius 1 is 0.974 bits per heavy atom. The van der Waals surface area contributed by atoms with E-state index in [1.54, 1.807) is 49.5 Å². The molecule has 9 nitrogen and oxygen atoms in total. The average Bonchev–Trinajstić information content (AvgIpc) is 2.94. The number of rotatable bonds is 7. The molecule has 3 aromatic heterocycles. The van der Waals surface area contributed by atoms with E-state index in [0.717, 1.165) is 0 Å². The SMILES string of the molecule is COc1cc2nccc(Oc3ccc(NC(=O)c4c[nH]c(C)c(-c5ccc(F)cc5)c4=O)cc3)c2nc1OC. The summed E-state index contributed by atoms with van der Waals surface area (Å²) in [6.45, 7) is 1.72. The van der Waals surface area contributed by atoms with Crippen molar-refractivity contribution in [3.05, 3.63) is 100 Å². The van der Waals surface area contributed by atoms with E-state index in [4.69, 9.17) is 14.2 Å². The molecule has 5 aromatic rings. The van der Waals surface area contributed by atoms with Gasteiger partial charge in [-0.3, -0.25) is 14.6 Å². The van der Waals surface area contributed by atoms with Crippen LogP contribution in [-0.2, 0) is 0 Å². The average molecular weight is 527 g/mol. The highest BCUT2D eigenvalue weighted by Gasteiger charge is 2.18. The molecule has 0 spiro atoms. The predicted molar refractivity (Wildman–Crippen MR) is 144 cm³/mol. The number of hydrogen-bond acceptors (Lipinski definition) is 7. The fraction of sp³-hybridized carbons (Fsp3) is 0.103. The fourth-order valence-corrected chi connectivity index (χ4v) is 4.07. The number of nitrogens with one attached hydrogen (secondary N) is 2. The second kappa shape index (κ2) is 10.6.